The van der Waals surface area contributed by atoms with Gasteiger partial charge in [-0.1, -0.05) is 126 Å². The standard InChI is InChI=1S/C46H51ClN4O5/c1-5-6-7-8-9-26-56-39-24-18-33(19-25-39)36-29-48-42(49-30-36)34-14-10-31(11-15-34)27-40(50-43(52)35-16-20-37(21-17-35)46(2,3)4)44(53)51-41(45(54)55)28-32-12-22-38(47)23-13-32/h10-25,29-30,40-41H,5-9,26-28H2,1-4H3,(H,50,52)(H,51,53)(H,54,55). The van der Waals surface area contributed by atoms with Gasteiger partial charge in [0.2, 0.25) is 5.91 Å². The number of ether oxygens (including phenoxy) is 1. The van der Waals surface area contributed by atoms with Crippen molar-refractivity contribution >= 4 is 29.4 Å². The SMILES string of the molecule is CCCCCCCOc1ccc(-c2cnc(-c3ccc(CC(NC(=O)c4ccc(C(C)(C)C)cc4)C(=O)NC(Cc4ccc(Cl)cc4)C(=O)O)cc3)nc2)cc1. The summed E-state index contributed by atoms with van der Waals surface area (Å²) >= 11 is 6.01. The highest BCUT2D eigenvalue weighted by atomic mass is 35.5. The first-order chi connectivity index (χ1) is 26.9. The highest BCUT2D eigenvalue weighted by molar-refractivity contribution is 6.30. The maximum absolute atomic E-state index is 13.8. The summed E-state index contributed by atoms with van der Waals surface area (Å²) in [7, 11) is 0. The number of amides is 2. The second-order valence-corrected chi connectivity index (χ2v) is 15.5. The minimum absolute atomic E-state index is 0.0413. The Morgan fingerprint density at radius 1 is 0.696 bits per heavy atom. The largest absolute Gasteiger partial charge is 0.494 e. The van der Waals surface area contributed by atoms with Crippen molar-refractivity contribution < 1.29 is 24.2 Å². The van der Waals surface area contributed by atoms with Crippen molar-refractivity contribution in [2.75, 3.05) is 6.61 Å². The Labute approximate surface area is 334 Å². The van der Waals surface area contributed by atoms with Gasteiger partial charge in [-0.2, -0.15) is 0 Å². The fourth-order valence-electron chi connectivity index (χ4n) is 6.19. The number of unbranched alkanes of at least 4 members (excludes halogenated alkanes) is 4. The van der Waals surface area contributed by atoms with Crippen LogP contribution < -0.4 is 15.4 Å². The highest BCUT2D eigenvalue weighted by Crippen LogP contribution is 2.25. The summed E-state index contributed by atoms with van der Waals surface area (Å²) < 4.78 is 5.90. The molecule has 5 rings (SSSR count). The summed E-state index contributed by atoms with van der Waals surface area (Å²) in [6.45, 7) is 9.19. The van der Waals surface area contributed by atoms with Crippen LogP contribution in [0.25, 0.3) is 22.5 Å². The summed E-state index contributed by atoms with van der Waals surface area (Å²) in [6.07, 6.45) is 9.70. The first kappa shape index (κ1) is 41.6. The summed E-state index contributed by atoms with van der Waals surface area (Å²) in [4.78, 5) is 48.7. The van der Waals surface area contributed by atoms with Crippen LogP contribution in [0.2, 0.25) is 5.02 Å². The summed E-state index contributed by atoms with van der Waals surface area (Å²) in [5.41, 5.74) is 5.45. The molecule has 10 heteroatoms. The lowest BCUT2D eigenvalue weighted by atomic mass is 9.86. The van der Waals surface area contributed by atoms with Crippen LogP contribution in [0.3, 0.4) is 0 Å². The van der Waals surface area contributed by atoms with Crippen LogP contribution in [-0.4, -0.2) is 51.5 Å². The van der Waals surface area contributed by atoms with Crippen LogP contribution in [-0.2, 0) is 27.8 Å². The first-order valence-corrected chi connectivity index (χ1v) is 19.6. The Morgan fingerprint density at radius 3 is 1.86 bits per heavy atom. The molecule has 5 aromatic rings. The molecule has 0 aliphatic rings. The molecule has 2 amide bonds. The van der Waals surface area contributed by atoms with Gasteiger partial charge in [0.15, 0.2) is 5.82 Å². The number of aromatic nitrogens is 2. The quantitative estimate of drug-likeness (QED) is 0.0757. The van der Waals surface area contributed by atoms with Crippen molar-refractivity contribution in [3.8, 4) is 28.3 Å². The van der Waals surface area contributed by atoms with E-state index in [0.29, 0.717) is 28.6 Å². The third-order valence-corrected chi connectivity index (χ3v) is 9.86. The Morgan fingerprint density at radius 2 is 1.27 bits per heavy atom. The molecule has 1 aromatic heterocycles. The molecule has 3 N–H and O–H groups in total. The topological polar surface area (TPSA) is 131 Å². The van der Waals surface area contributed by atoms with Crippen molar-refractivity contribution in [3.05, 3.63) is 137 Å². The van der Waals surface area contributed by atoms with E-state index in [1.165, 1.54) is 25.7 Å². The second-order valence-electron chi connectivity index (χ2n) is 15.1. The van der Waals surface area contributed by atoms with E-state index in [2.05, 4.69) is 48.3 Å². The van der Waals surface area contributed by atoms with Gasteiger partial charge in [-0.3, -0.25) is 9.59 Å². The molecule has 0 bridgehead atoms. The predicted molar refractivity (Wildman–Crippen MR) is 222 cm³/mol. The van der Waals surface area contributed by atoms with E-state index in [4.69, 9.17) is 16.3 Å². The zero-order chi connectivity index (χ0) is 40.1. The molecule has 0 aliphatic heterocycles. The van der Waals surface area contributed by atoms with Gasteiger partial charge in [-0.25, -0.2) is 14.8 Å². The second kappa shape index (κ2) is 19.9. The number of halogens is 1. The number of hydrogen-bond acceptors (Lipinski definition) is 6. The number of nitrogens with one attached hydrogen (secondary N) is 2. The molecule has 1 heterocycles. The fourth-order valence-corrected chi connectivity index (χ4v) is 6.32. The Hall–Kier alpha value is -5.54. The number of rotatable bonds is 18. The number of carboxylic acid groups (broad SMARTS) is 1. The number of carboxylic acids is 1. The van der Waals surface area contributed by atoms with Crippen molar-refractivity contribution in [1.82, 2.24) is 20.6 Å². The minimum atomic E-state index is -1.23. The minimum Gasteiger partial charge on any atom is -0.494 e. The van der Waals surface area contributed by atoms with Crippen molar-refractivity contribution in [3.63, 3.8) is 0 Å². The molecule has 0 aliphatic carbocycles. The van der Waals surface area contributed by atoms with Crippen LogP contribution >= 0.6 is 11.6 Å². The maximum Gasteiger partial charge on any atom is 0.326 e. The van der Waals surface area contributed by atoms with Gasteiger partial charge >= 0.3 is 5.97 Å². The summed E-state index contributed by atoms with van der Waals surface area (Å²) in [5, 5.41) is 16.0. The molecule has 0 radical (unpaired) electrons. The van der Waals surface area contributed by atoms with Gasteiger partial charge in [-0.15, -0.1) is 0 Å². The van der Waals surface area contributed by atoms with E-state index < -0.39 is 29.9 Å². The van der Waals surface area contributed by atoms with Gasteiger partial charge in [0.05, 0.1) is 6.61 Å². The van der Waals surface area contributed by atoms with Gasteiger partial charge in [0.1, 0.15) is 17.8 Å². The van der Waals surface area contributed by atoms with E-state index >= 15 is 0 Å². The smallest absolute Gasteiger partial charge is 0.326 e. The number of hydrogen-bond donors (Lipinski definition) is 3. The van der Waals surface area contributed by atoms with Crippen molar-refractivity contribution in [2.24, 2.45) is 0 Å². The predicted octanol–water partition coefficient (Wildman–Crippen LogP) is 9.26. The number of nitrogens with zero attached hydrogens (tertiary/aromatic N) is 2. The van der Waals surface area contributed by atoms with Crippen molar-refractivity contribution in [2.45, 2.75) is 90.1 Å². The molecule has 56 heavy (non-hydrogen) atoms. The maximum atomic E-state index is 13.8. The lowest BCUT2D eigenvalue weighted by Crippen LogP contribution is -2.53. The van der Waals surface area contributed by atoms with Crippen LogP contribution in [0.5, 0.6) is 5.75 Å². The number of carbonyl (C=O) groups is 3. The van der Waals surface area contributed by atoms with E-state index in [1.807, 2.05) is 60.7 Å². The van der Waals surface area contributed by atoms with Gasteiger partial charge in [-0.05, 0) is 70.5 Å². The van der Waals surface area contributed by atoms with Crippen molar-refractivity contribution in [1.29, 1.82) is 0 Å². The Kier molecular flexibility index (Phi) is 14.8. The number of carbonyl (C=O) groups excluding carboxylic acids is 2. The molecular weight excluding hydrogens is 724 g/mol. The molecular formula is C46H51ClN4O5. The average molecular weight is 775 g/mol. The molecule has 0 saturated heterocycles. The molecule has 0 fully saturated rings. The van der Waals surface area contributed by atoms with E-state index in [-0.39, 0.29) is 18.3 Å². The number of aliphatic carboxylic acids is 1. The first-order valence-electron chi connectivity index (χ1n) is 19.2. The zero-order valence-electron chi connectivity index (χ0n) is 32.6. The Balaban J connectivity index is 1.27. The fraction of sp³-hybridized carbons (Fsp3) is 0.326. The van der Waals surface area contributed by atoms with Gasteiger partial charge in [0.25, 0.3) is 5.91 Å². The van der Waals surface area contributed by atoms with Crippen LogP contribution in [0.1, 0.15) is 86.8 Å². The Bertz CT molecular complexity index is 2030. The number of benzene rings is 4. The summed E-state index contributed by atoms with van der Waals surface area (Å²) in [6, 6.07) is 27.1. The lowest BCUT2D eigenvalue weighted by Gasteiger charge is -2.22. The van der Waals surface area contributed by atoms with Gasteiger partial charge < -0.3 is 20.5 Å². The van der Waals surface area contributed by atoms with E-state index in [9.17, 15) is 19.5 Å². The van der Waals surface area contributed by atoms with E-state index in [0.717, 1.165) is 40.0 Å². The van der Waals surface area contributed by atoms with Crippen LogP contribution in [0.15, 0.2) is 109 Å². The van der Waals surface area contributed by atoms with Gasteiger partial charge in [0, 0.05) is 46.9 Å². The third-order valence-electron chi connectivity index (χ3n) is 9.61. The highest BCUT2D eigenvalue weighted by Gasteiger charge is 2.28. The lowest BCUT2D eigenvalue weighted by molar-refractivity contribution is -0.142. The summed E-state index contributed by atoms with van der Waals surface area (Å²) in [5.74, 6) is -0.871. The normalized spacial score (nSPS) is 12.4. The zero-order valence-corrected chi connectivity index (χ0v) is 33.3. The molecule has 2 unspecified atom stereocenters. The molecule has 292 valence electrons. The van der Waals surface area contributed by atoms with Crippen LogP contribution in [0, 0.1) is 0 Å². The molecule has 0 spiro atoms. The third kappa shape index (κ3) is 12.2. The molecule has 0 saturated carbocycles. The van der Waals surface area contributed by atoms with Crippen LogP contribution in [0.4, 0.5) is 0 Å². The molecule has 2 atom stereocenters. The molecule has 4 aromatic carbocycles. The average Bonchev–Trinajstić information content (AvgIpc) is 3.19. The monoisotopic (exact) mass is 774 g/mol. The molecule has 9 nitrogen and oxygen atoms in total. The van der Waals surface area contributed by atoms with E-state index in [1.54, 1.807) is 48.8 Å².